The SMILES string of the molecule is C=C\C=C(C)/C(=C(C)/C(C=C)=C/C=C\C)N1C(/C=C\C)=C(C)B2C(/C=C\C)=C(C)Oc3cccc1c32. The highest BCUT2D eigenvalue weighted by atomic mass is 16.5. The van der Waals surface area contributed by atoms with Crippen molar-refractivity contribution in [1.29, 1.82) is 0 Å². The minimum atomic E-state index is 0.131. The van der Waals surface area contributed by atoms with Crippen molar-refractivity contribution in [3.05, 3.63) is 137 Å². The zero-order valence-corrected chi connectivity index (χ0v) is 22.9. The van der Waals surface area contributed by atoms with Crippen LogP contribution in [0.25, 0.3) is 0 Å². The Morgan fingerprint density at radius 2 is 1.69 bits per heavy atom. The smallest absolute Gasteiger partial charge is 0.251 e. The van der Waals surface area contributed by atoms with Crippen LogP contribution in [0, 0.1) is 0 Å². The molecule has 0 N–H and O–H groups in total. The quantitative estimate of drug-likeness (QED) is 0.276. The van der Waals surface area contributed by atoms with E-state index in [9.17, 15) is 0 Å². The molecule has 2 nitrogen and oxygen atoms in total. The van der Waals surface area contributed by atoms with Crippen molar-refractivity contribution >= 4 is 17.9 Å². The molecule has 2 aliphatic rings. The third-order valence-corrected chi connectivity index (χ3v) is 6.74. The third kappa shape index (κ3) is 4.84. The second kappa shape index (κ2) is 11.8. The molecular weight excluding hydrogens is 437 g/mol. The van der Waals surface area contributed by atoms with Gasteiger partial charge in [0.25, 0.3) is 6.71 Å². The molecule has 36 heavy (non-hydrogen) atoms. The Balaban J connectivity index is 2.49. The van der Waals surface area contributed by atoms with Gasteiger partial charge in [-0.3, -0.25) is 0 Å². The summed E-state index contributed by atoms with van der Waals surface area (Å²) >= 11 is 0. The zero-order chi connectivity index (χ0) is 26.4. The van der Waals surface area contributed by atoms with Crippen LogP contribution in [0.2, 0.25) is 0 Å². The molecule has 0 bridgehead atoms. The molecule has 0 saturated heterocycles. The van der Waals surface area contributed by atoms with Crippen LogP contribution < -0.4 is 15.1 Å². The molecule has 3 heteroatoms. The van der Waals surface area contributed by atoms with Crippen LogP contribution in [-0.4, -0.2) is 6.71 Å². The van der Waals surface area contributed by atoms with Crippen LogP contribution in [-0.2, 0) is 0 Å². The summed E-state index contributed by atoms with van der Waals surface area (Å²) in [5.41, 5.74) is 10.5. The van der Waals surface area contributed by atoms with Gasteiger partial charge in [0, 0.05) is 11.4 Å². The molecule has 0 saturated carbocycles. The van der Waals surface area contributed by atoms with E-state index in [4.69, 9.17) is 4.74 Å². The van der Waals surface area contributed by atoms with Gasteiger partial charge in [0.05, 0.1) is 11.5 Å². The molecule has 2 heterocycles. The topological polar surface area (TPSA) is 12.5 Å². The van der Waals surface area contributed by atoms with Crippen LogP contribution in [0.1, 0.15) is 48.5 Å². The Morgan fingerprint density at radius 3 is 2.31 bits per heavy atom. The first kappa shape index (κ1) is 26.9. The minimum absolute atomic E-state index is 0.131. The van der Waals surface area contributed by atoms with E-state index < -0.39 is 0 Å². The number of rotatable bonds is 8. The zero-order valence-electron chi connectivity index (χ0n) is 22.9. The number of hydrogen-bond donors (Lipinski definition) is 0. The first-order valence-corrected chi connectivity index (χ1v) is 12.6. The molecule has 0 amide bonds. The summed E-state index contributed by atoms with van der Waals surface area (Å²) in [4.78, 5) is 2.39. The fraction of sp³-hybridized carbons (Fsp3) is 0.212. The largest absolute Gasteiger partial charge is 0.463 e. The standard InChI is InChI=1S/C33H38BNO/c1-10-15-20-27(14-5)24(7)33(23(6)17-11-2)35-29(19-13-4)25(8)34-28(18-12-3)26(9)36-31-22-16-21-30(35)32(31)34/h10-22H,2,5H2,1,3-4,6-9H3/b15-10-,18-12-,19-13-,23-17-,27-20+,33-24-. The highest BCUT2D eigenvalue weighted by Gasteiger charge is 2.41. The lowest BCUT2D eigenvalue weighted by atomic mass is 9.33. The second-order valence-corrected chi connectivity index (χ2v) is 9.05. The van der Waals surface area contributed by atoms with E-state index in [1.54, 1.807) is 0 Å². The van der Waals surface area contributed by atoms with Crippen LogP contribution >= 0.6 is 0 Å². The number of nitrogens with zero attached hydrogens (tertiary/aromatic N) is 1. The van der Waals surface area contributed by atoms with E-state index in [1.165, 1.54) is 22.1 Å². The summed E-state index contributed by atoms with van der Waals surface area (Å²) < 4.78 is 6.38. The van der Waals surface area contributed by atoms with Crippen molar-refractivity contribution in [1.82, 2.24) is 0 Å². The number of anilines is 1. The van der Waals surface area contributed by atoms with Gasteiger partial charge >= 0.3 is 0 Å². The number of hydrogen-bond acceptors (Lipinski definition) is 2. The van der Waals surface area contributed by atoms with Crippen LogP contribution in [0.15, 0.2) is 137 Å². The van der Waals surface area contributed by atoms with Gasteiger partial charge < -0.3 is 9.64 Å². The van der Waals surface area contributed by atoms with E-state index in [2.05, 4.69) is 120 Å². The first-order chi connectivity index (χ1) is 17.4. The minimum Gasteiger partial charge on any atom is -0.463 e. The number of benzene rings is 1. The maximum Gasteiger partial charge on any atom is 0.251 e. The Hall–Kier alpha value is -3.72. The molecule has 2 aliphatic heterocycles. The van der Waals surface area contributed by atoms with Crippen LogP contribution in [0.3, 0.4) is 0 Å². The van der Waals surface area contributed by atoms with Gasteiger partial charge in [0.2, 0.25) is 0 Å². The van der Waals surface area contributed by atoms with E-state index in [0.29, 0.717) is 0 Å². The van der Waals surface area contributed by atoms with Gasteiger partial charge in [-0.25, -0.2) is 0 Å². The summed E-state index contributed by atoms with van der Waals surface area (Å²) in [5.74, 6) is 1.87. The fourth-order valence-corrected chi connectivity index (χ4v) is 5.17. The summed E-state index contributed by atoms with van der Waals surface area (Å²) in [6.45, 7) is 23.0. The Labute approximate surface area is 218 Å². The normalized spacial score (nSPS) is 17.3. The third-order valence-electron chi connectivity index (χ3n) is 6.74. The molecule has 1 aromatic carbocycles. The van der Waals surface area contributed by atoms with Crippen molar-refractivity contribution < 1.29 is 4.74 Å². The lowest BCUT2D eigenvalue weighted by molar-refractivity contribution is 0.426. The van der Waals surface area contributed by atoms with Crippen molar-refractivity contribution in [2.45, 2.75) is 48.5 Å². The molecule has 0 fully saturated rings. The lowest BCUT2D eigenvalue weighted by Crippen LogP contribution is -2.48. The summed E-state index contributed by atoms with van der Waals surface area (Å²) in [6.07, 6.45) is 20.7. The summed E-state index contributed by atoms with van der Waals surface area (Å²) in [5, 5.41) is 0. The van der Waals surface area contributed by atoms with Gasteiger partial charge in [-0.05, 0) is 94.3 Å². The molecule has 3 rings (SSSR count). The van der Waals surface area contributed by atoms with Gasteiger partial charge in [0.1, 0.15) is 5.75 Å². The van der Waals surface area contributed by atoms with E-state index in [-0.39, 0.29) is 6.71 Å². The van der Waals surface area contributed by atoms with Crippen molar-refractivity contribution in [3.8, 4) is 5.75 Å². The molecule has 0 radical (unpaired) electrons. The Morgan fingerprint density at radius 1 is 0.972 bits per heavy atom. The molecule has 184 valence electrons. The van der Waals surface area contributed by atoms with E-state index in [1.807, 2.05) is 25.2 Å². The average Bonchev–Trinajstić information content (AvgIpc) is 2.86. The number of allylic oxidation sites excluding steroid dienone is 16. The van der Waals surface area contributed by atoms with Crippen molar-refractivity contribution in [2.75, 3.05) is 4.90 Å². The maximum atomic E-state index is 6.38. The van der Waals surface area contributed by atoms with Gasteiger partial charge in [0.15, 0.2) is 0 Å². The number of ether oxygens (including phenoxy) is 1. The Bertz CT molecular complexity index is 1310. The van der Waals surface area contributed by atoms with Gasteiger partial charge in [-0.1, -0.05) is 79.4 Å². The predicted octanol–water partition coefficient (Wildman–Crippen LogP) is 8.47. The molecular formula is C33H38BNO. The molecule has 0 spiro atoms. The van der Waals surface area contributed by atoms with Crippen molar-refractivity contribution in [2.24, 2.45) is 0 Å². The second-order valence-electron chi connectivity index (χ2n) is 9.05. The summed E-state index contributed by atoms with van der Waals surface area (Å²) in [6, 6.07) is 6.37. The highest BCUT2D eigenvalue weighted by Crippen LogP contribution is 2.42. The first-order valence-electron chi connectivity index (χ1n) is 12.6. The average molecular weight is 475 g/mol. The maximum absolute atomic E-state index is 6.38. The lowest BCUT2D eigenvalue weighted by Gasteiger charge is -2.42. The molecule has 1 aromatic rings. The summed E-state index contributed by atoms with van der Waals surface area (Å²) in [7, 11) is 0. The van der Waals surface area contributed by atoms with Crippen molar-refractivity contribution in [3.63, 3.8) is 0 Å². The molecule has 0 aliphatic carbocycles. The molecule has 0 aromatic heterocycles. The molecule has 0 unspecified atom stereocenters. The van der Waals surface area contributed by atoms with Crippen LogP contribution in [0.5, 0.6) is 5.75 Å². The van der Waals surface area contributed by atoms with Crippen LogP contribution in [0.4, 0.5) is 5.69 Å². The van der Waals surface area contributed by atoms with E-state index >= 15 is 0 Å². The monoisotopic (exact) mass is 475 g/mol. The fourth-order valence-electron chi connectivity index (χ4n) is 5.17. The predicted molar refractivity (Wildman–Crippen MR) is 160 cm³/mol. The van der Waals surface area contributed by atoms with Gasteiger partial charge in [-0.2, -0.15) is 0 Å². The highest BCUT2D eigenvalue weighted by molar-refractivity contribution is 6.89. The molecule has 0 atom stereocenters. The Kier molecular flexibility index (Phi) is 8.82. The van der Waals surface area contributed by atoms with Gasteiger partial charge in [-0.15, -0.1) is 0 Å². The van der Waals surface area contributed by atoms with E-state index in [0.717, 1.165) is 39.6 Å².